The van der Waals surface area contributed by atoms with Crippen molar-refractivity contribution in [1.29, 1.82) is 0 Å². The van der Waals surface area contributed by atoms with E-state index in [1.807, 2.05) is 19.2 Å². The Kier molecular flexibility index (Phi) is 2.45. The highest BCUT2D eigenvalue weighted by Gasteiger charge is 1.89. The van der Waals surface area contributed by atoms with Gasteiger partial charge in [-0.25, -0.2) is 0 Å². The van der Waals surface area contributed by atoms with E-state index in [4.69, 9.17) is 7.85 Å². The van der Waals surface area contributed by atoms with Crippen LogP contribution >= 0.6 is 0 Å². The Hall–Kier alpha value is -0.825. The normalized spacial score (nSPS) is 9.70. The molecule has 10 heavy (non-hydrogen) atoms. The Balaban J connectivity index is 2.75. The van der Waals surface area contributed by atoms with Gasteiger partial charge in [-0.05, 0) is 18.7 Å². The van der Waals surface area contributed by atoms with Gasteiger partial charge >= 0.3 is 0 Å². The number of pyridine rings is 1. The van der Waals surface area contributed by atoms with E-state index in [2.05, 4.69) is 10.3 Å². The fraction of sp³-hybridized carbons (Fsp3) is 0.286. The molecule has 2 radical (unpaired) electrons. The Bertz CT molecular complexity index is 213. The van der Waals surface area contributed by atoms with E-state index in [9.17, 15) is 0 Å². The molecule has 1 heterocycles. The summed E-state index contributed by atoms with van der Waals surface area (Å²) in [6.07, 6.45) is 0. The first kappa shape index (κ1) is 7.28. The van der Waals surface area contributed by atoms with Crippen LogP contribution in [0.3, 0.4) is 0 Å². The molecule has 0 fully saturated rings. The Labute approximate surface area is 62.1 Å². The zero-order valence-corrected chi connectivity index (χ0v) is 5.96. The first-order valence-corrected chi connectivity index (χ1v) is 3.19. The second kappa shape index (κ2) is 3.37. The Morgan fingerprint density at radius 2 is 2.40 bits per heavy atom. The molecule has 50 valence electrons. The van der Waals surface area contributed by atoms with Crippen LogP contribution in [0.4, 0.5) is 0 Å². The zero-order valence-electron chi connectivity index (χ0n) is 5.96. The lowest BCUT2D eigenvalue weighted by atomic mass is 10.0. The standard InChI is InChI=1S/C7H9BN2/c1-9-5-6-3-2-4-7(8)10-6/h2-4,9H,5H2,1H3. The van der Waals surface area contributed by atoms with Crippen LogP contribution in [0.15, 0.2) is 18.2 Å². The lowest BCUT2D eigenvalue weighted by Crippen LogP contribution is -2.14. The van der Waals surface area contributed by atoms with Crippen molar-refractivity contribution >= 4 is 13.4 Å². The second-order valence-corrected chi connectivity index (χ2v) is 2.08. The summed E-state index contributed by atoms with van der Waals surface area (Å²) < 4.78 is 0. The molecule has 0 spiro atoms. The summed E-state index contributed by atoms with van der Waals surface area (Å²) in [5, 5.41) is 2.99. The van der Waals surface area contributed by atoms with E-state index >= 15 is 0 Å². The molecule has 2 nitrogen and oxygen atoms in total. The summed E-state index contributed by atoms with van der Waals surface area (Å²) in [6, 6.07) is 5.61. The van der Waals surface area contributed by atoms with E-state index in [-0.39, 0.29) is 0 Å². The van der Waals surface area contributed by atoms with Crippen LogP contribution < -0.4 is 10.9 Å². The SMILES string of the molecule is [B]c1cccc(CNC)n1. The van der Waals surface area contributed by atoms with Crippen molar-refractivity contribution in [3.63, 3.8) is 0 Å². The van der Waals surface area contributed by atoms with Crippen molar-refractivity contribution in [2.45, 2.75) is 6.54 Å². The third-order valence-corrected chi connectivity index (χ3v) is 1.19. The molecule has 1 rings (SSSR count). The fourth-order valence-corrected chi connectivity index (χ4v) is 0.778. The van der Waals surface area contributed by atoms with Crippen LogP contribution in [0, 0.1) is 0 Å². The van der Waals surface area contributed by atoms with Gasteiger partial charge in [-0.3, -0.25) is 4.98 Å². The predicted octanol–water partition coefficient (Wildman–Crippen LogP) is -0.405. The second-order valence-electron chi connectivity index (χ2n) is 2.08. The van der Waals surface area contributed by atoms with Gasteiger partial charge in [-0.1, -0.05) is 12.1 Å². The predicted molar refractivity (Wildman–Crippen MR) is 42.4 cm³/mol. The highest BCUT2D eigenvalue weighted by atomic mass is 14.8. The maximum atomic E-state index is 5.45. The minimum Gasteiger partial charge on any atom is -0.314 e. The molecule has 0 aliphatic carbocycles. The average molecular weight is 132 g/mol. The molecule has 0 unspecified atom stereocenters. The quantitative estimate of drug-likeness (QED) is 0.553. The lowest BCUT2D eigenvalue weighted by Gasteiger charge is -1.98. The lowest BCUT2D eigenvalue weighted by molar-refractivity contribution is 0.794. The molecule has 1 aromatic rings. The topological polar surface area (TPSA) is 24.9 Å². The summed E-state index contributed by atoms with van der Waals surface area (Å²) in [6.45, 7) is 0.769. The molecule has 0 aromatic carbocycles. The van der Waals surface area contributed by atoms with Gasteiger partial charge in [0, 0.05) is 6.54 Å². The van der Waals surface area contributed by atoms with Gasteiger partial charge in [-0.15, -0.1) is 0 Å². The molecule has 1 N–H and O–H groups in total. The van der Waals surface area contributed by atoms with Gasteiger partial charge in [0.25, 0.3) is 0 Å². The molecular formula is C7H9BN2. The number of nitrogens with zero attached hydrogens (tertiary/aromatic N) is 1. The van der Waals surface area contributed by atoms with E-state index in [1.54, 1.807) is 6.07 Å². The third-order valence-electron chi connectivity index (χ3n) is 1.19. The number of aromatic nitrogens is 1. The molecule has 3 heteroatoms. The van der Waals surface area contributed by atoms with Crippen LogP contribution in [-0.2, 0) is 6.54 Å². The molecule has 0 saturated carbocycles. The van der Waals surface area contributed by atoms with Crippen molar-refractivity contribution in [3.8, 4) is 0 Å². The first-order chi connectivity index (χ1) is 4.83. The number of hydrogen-bond donors (Lipinski definition) is 1. The van der Waals surface area contributed by atoms with E-state index in [0.29, 0.717) is 5.59 Å². The fourth-order valence-electron chi connectivity index (χ4n) is 0.778. The molecule has 0 saturated heterocycles. The van der Waals surface area contributed by atoms with Gasteiger partial charge in [0.1, 0.15) is 7.85 Å². The summed E-state index contributed by atoms with van der Waals surface area (Å²) in [5.74, 6) is 0. The van der Waals surface area contributed by atoms with Crippen LogP contribution in [0.25, 0.3) is 0 Å². The first-order valence-electron chi connectivity index (χ1n) is 3.19. The van der Waals surface area contributed by atoms with Gasteiger partial charge < -0.3 is 5.32 Å². The van der Waals surface area contributed by atoms with Crippen LogP contribution in [0.2, 0.25) is 0 Å². The van der Waals surface area contributed by atoms with E-state index in [1.165, 1.54) is 0 Å². The zero-order chi connectivity index (χ0) is 7.40. The highest BCUT2D eigenvalue weighted by molar-refractivity contribution is 6.30. The molecule has 0 aliphatic rings. The van der Waals surface area contributed by atoms with Crippen molar-refractivity contribution in [2.24, 2.45) is 0 Å². The number of nitrogens with one attached hydrogen (secondary N) is 1. The molecule has 0 atom stereocenters. The van der Waals surface area contributed by atoms with Gasteiger partial charge in [-0.2, -0.15) is 0 Å². The third kappa shape index (κ3) is 1.85. The van der Waals surface area contributed by atoms with Crippen LogP contribution in [-0.4, -0.2) is 19.9 Å². The molecule has 0 aliphatic heterocycles. The Morgan fingerprint density at radius 1 is 1.60 bits per heavy atom. The summed E-state index contributed by atoms with van der Waals surface area (Å²) in [5.41, 5.74) is 1.55. The monoisotopic (exact) mass is 132 g/mol. The van der Waals surface area contributed by atoms with Crippen molar-refractivity contribution in [1.82, 2.24) is 10.3 Å². The number of rotatable bonds is 2. The number of hydrogen-bond acceptors (Lipinski definition) is 2. The van der Waals surface area contributed by atoms with Crippen molar-refractivity contribution < 1.29 is 0 Å². The molecule has 0 bridgehead atoms. The largest absolute Gasteiger partial charge is 0.314 e. The van der Waals surface area contributed by atoms with Crippen LogP contribution in [0.1, 0.15) is 5.69 Å². The minimum absolute atomic E-state index is 0.577. The molecule has 0 amide bonds. The van der Waals surface area contributed by atoms with Gasteiger partial charge in [0.2, 0.25) is 0 Å². The highest BCUT2D eigenvalue weighted by Crippen LogP contribution is 1.88. The summed E-state index contributed by atoms with van der Waals surface area (Å²) in [4.78, 5) is 4.08. The summed E-state index contributed by atoms with van der Waals surface area (Å²) >= 11 is 0. The maximum Gasteiger partial charge on any atom is 0.141 e. The van der Waals surface area contributed by atoms with Gasteiger partial charge in [0.15, 0.2) is 0 Å². The maximum absolute atomic E-state index is 5.45. The molecular weight excluding hydrogens is 123 g/mol. The van der Waals surface area contributed by atoms with E-state index in [0.717, 1.165) is 12.2 Å². The minimum atomic E-state index is 0.577. The van der Waals surface area contributed by atoms with Crippen molar-refractivity contribution in [3.05, 3.63) is 23.9 Å². The summed E-state index contributed by atoms with van der Waals surface area (Å²) in [7, 11) is 7.33. The average Bonchev–Trinajstić information content (AvgIpc) is 1.88. The van der Waals surface area contributed by atoms with Gasteiger partial charge in [0.05, 0.1) is 5.69 Å². The van der Waals surface area contributed by atoms with Crippen LogP contribution in [0.5, 0.6) is 0 Å². The van der Waals surface area contributed by atoms with E-state index < -0.39 is 0 Å². The molecule has 1 aromatic heterocycles. The smallest absolute Gasteiger partial charge is 0.141 e. The van der Waals surface area contributed by atoms with Crippen molar-refractivity contribution in [2.75, 3.05) is 7.05 Å². The Morgan fingerprint density at radius 3 is 3.00 bits per heavy atom.